The van der Waals surface area contributed by atoms with Crippen molar-refractivity contribution in [3.8, 4) is 5.75 Å². The number of benzene rings is 1. The van der Waals surface area contributed by atoms with E-state index >= 15 is 0 Å². The van der Waals surface area contributed by atoms with Gasteiger partial charge in [-0.2, -0.15) is 0 Å². The minimum atomic E-state index is -0.565. The Kier molecular flexibility index (Phi) is 6.58. The first-order valence-electron chi connectivity index (χ1n) is 9.45. The van der Waals surface area contributed by atoms with Crippen LogP contribution in [0.2, 0.25) is 0 Å². The molecule has 1 atom stereocenters. The number of hydrogen-bond donors (Lipinski definition) is 1. The summed E-state index contributed by atoms with van der Waals surface area (Å²) in [6.45, 7) is 6.79. The lowest BCUT2D eigenvalue weighted by Crippen LogP contribution is -2.42. The van der Waals surface area contributed by atoms with E-state index in [2.05, 4.69) is 9.97 Å². The first-order chi connectivity index (χ1) is 13.9. The number of aromatic nitrogens is 2. The number of nitrogen functional groups attached to an aromatic ring is 1. The maximum atomic E-state index is 13.2. The van der Waals surface area contributed by atoms with Crippen LogP contribution in [0.4, 0.5) is 11.5 Å². The average molecular weight is 417 g/mol. The molecule has 1 aliphatic heterocycles. The van der Waals surface area contributed by atoms with Gasteiger partial charge in [0.15, 0.2) is 5.16 Å². The number of carbonyl (C=O) groups excluding carboxylic acids is 2. The van der Waals surface area contributed by atoms with Crippen LogP contribution in [0.3, 0.4) is 0 Å². The molecule has 29 heavy (non-hydrogen) atoms. The molecule has 2 N–H and O–H groups in total. The third-order valence-electron chi connectivity index (χ3n) is 4.43. The smallest absolute Gasteiger partial charge is 0.343 e. The second-order valence-electron chi connectivity index (χ2n) is 6.50. The van der Waals surface area contributed by atoms with E-state index < -0.39 is 11.2 Å². The number of aryl methyl sites for hydroxylation is 1. The van der Waals surface area contributed by atoms with Crippen molar-refractivity contribution in [1.29, 1.82) is 0 Å². The number of anilines is 2. The third kappa shape index (κ3) is 4.61. The summed E-state index contributed by atoms with van der Waals surface area (Å²) in [4.78, 5) is 35.2. The predicted octanol–water partition coefficient (Wildman–Crippen LogP) is 2.84. The summed E-state index contributed by atoms with van der Waals surface area (Å²) in [6.07, 6.45) is 1.93. The molecule has 154 valence electrons. The number of thioether (sulfide) groups is 1. The van der Waals surface area contributed by atoms with E-state index in [0.29, 0.717) is 30.5 Å². The molecule has 8 nitrogen and oxygen atoms in total. The normalized spacial score (nSPS) is 14.0. The Bertz CT molecular complexity index is 921. The summed E-state index contributed by atoms with van der Waals surface area (Å²) in [6, 6.07) is 5.79. The van der Waals surface area contributed by atoms with E-state index in [4.69, 9.17) is 15.2 Å². The second-order valence-corrected chi connectivity index (χ2v) is 7.67. The number of esters is 1. The lowest BCUT2D eigenvalue weighted by Gasteiger charge is -2.32. The molecule has 1 aromatic heterocycles. The van der Waals surface area contributed by atoms with Gasteiger partial charge in [-0.3, -0.25) is 4.79 Å². The van der Waals surface area contributed by atoms with Gasteiger partial charge in [-0.1, -0.05) is 24.8 Å². The Morgan fingerprint density at radius 3 is 2.86 bits per heavy atom. The van der Waals surface area contributed by atoms with Crippen molar-refractivity contribution >= 4 is 35.1 Å². The summed E-state index contributed by atoms with van der Waals surface area (Å²) < 4.78 is 10.6. The molecule has 3 rings (SSSR count). The summed E-state index contributed by atoms with van der Waals surface area (Å²) >= 11 is 1.23. The highest BCUT2D eigenvalue weighted by Crippen LogP contribution is 2.35. The minimum Gasteiger partial charge on any atom is -0.490 e. The summed E-state index contributed by atoms with van der Waals surface area (Å²) in [5.74, 6) is 0.138. The zero-order valence-corrected chi connectivity index (χ0v) is 17.5. The van der Waals surface area contributed by atoms with Crippen LogP contribution in [0, 0.1) is 6.92 Å². The predicted molar refractivity (Wildman–Crippen MR) is 111 cm³/mol. The van der Waals surface area contributed by atoms with Crippen molar-refractivity contribution in [3.63, 3.8) is 0 Å². The molecule has 1 amide bonds. The van der Waals surface area contributed by atoms with E-state index in [1.54, 1.807) is 11.8 Å². The molecule has 9 heteroatoms. The van der Waals surface area contributed by atoms with Crippen molar-refractivity contribution in [1.82, 2.24) is 9.97 Å². The van der Waals surface area contributed by atoms with E-state index in [0.717, 1.165) is 11.3 Å². The zero-order valence-electron chi connectivity index (χ0n) is 16.7. The highest BCUT2D eigenvalue weighted by Gasteiger charge is 2.30. The van der Waals surface area contributed by atoms with Gasteiger partial charge < -0.3 is 20.1 Å². The van der Waals surface area contributed by atoms with Crippen molar-refractivity contribution in [2.45, 2.75) is 37.6 Å². The van der Waals surface area contributed by atoms with Gasteiger partial charge >= 0.3 is 5.97 Å². The Balaban J connectivity index is 1.79. The topological polar surface area (TPSA) is 108 Å². The van der Waals surface area contributed by atoms with Gasteiger partial charge in [0.25, 0.3) is 0 Å². The largest absolute Gasteiger partial charge is 0.490 e. The fraction of sp³-hybridized carbons (Fsp3) is 0.400. The van der Waals surface area contributed by atoms with Crippen LogP contribution in [-0.4, -0.2) is 46.9 Å². The third-order valence-corrected chi connectivity index (χ3v) is 5.66. The summed E-state index contributed by atoms with van der Waals surface area (Å²) in [5.41, 5.74) is 7.84. The summed E-state index contributed by atoms with van der Waals surface area (Å²) in [7, 11) is 0. The first kappa shape index (κ1) is 20.9. The standard InChI is InChI=1S/C20H24N4O4S/c1-4-16(29-20-22-11-13(17(21)23-20)19(26)27-5-2)18(25)24-8-9-28-15-7-6-12(3)10-14(15)24/h6-7,10-11,16H,4-5,8-9H2,1-3H3,(H2,21,22,23). The van der Waals surface area contributed by atoms with Gasteiger partial charge in [0.2, 0.25) is 5.91 Å². The summed E-state index contributed by atoms with van der Waals surface area (Å²) in [5, 5.41) is -0.0530. The highest BCUT2D eigenvalue weighted by molar-refractivity contribution is 8.00. The second kappa shape index (κ2) is 9.13. The number of nitrogens with two attached hydrogens (primary N) is 1. The maximum absolute atomic E-state index is 13.2. The molecule has 0 saturated carbocycles. The van der Waals surface area contributed by atoms with Crippen LogP contribution in [0.25, 0.3) is 0 Å². The fourth-order valence-electron chi connectivity index (χ4n) is 2.97. The van der Waals surface area contributed by atoms with Crippen molar-refractivity contribution in [2.75, 3.05) is 30.4 Å². The number of carbonyl (C=O) groups is 2. The number of nitrogens with zero attached hydrogens (tertiary/aromatic N) is 3. The molecule has 0 spiro atoms. The van der Waals surface area contributed by atoms with Gasteiger partial charge in [-0.25, -0.2) is 14.8 Å². The van der Waals surface area contributed by atoms with Gasteiger partial charge in [0.05, 0.1) is 24.1 Å². The first-order valence-corrected chi connectivity index (χ1v) is 10.3. The minimum absolute atomic E-state index is 0.0376. The Morgan fingerprint density at radius 2 is 2.17 bits per heavy atom. The maximum Gasteiger partial charge on any atom is 0.343 e. The lowest BCUT2D eigenvalue weighted by atomic mass is 10.1. The number of ether oxygens (including phenoxy) is 2. The molecule has 1 unspecified atom stereocenters. The Morgan fingerprint density at radius 1 is 1.38 bits per heavy atom. The zero-order chi connectivity index (χ0) is 21.0. The monoisotopic (exact) mass is 416 g/mol. The van der Waals surface area contributed by atoms with Crippen LogP contribution in [0.1, 0.15) is 36.2 Å². The molecule has 0 fully saturated rings. The van der Waals surface area contributed by atoms with Gasteiger partial charge in [0, 0.05) is 6.20 Å². The number of rotatable bonds is 6. The van der Waals surface area contributed by atoms with Crippen molar-refractivity contribution < 1.29 is 19.1 Å². The van der Waals surface area contributed by atoms with Gasteiger partial charge in [-0.15, -0.1) is 0 Å². The molecular formula is C20H24N4O4S. The number of hydrogen-bond acceptors (Lipinski definition) is 8. The molecular weight excluding hydrogens is 392 g/mol. The Hall–Kier alpha value is -2.81. The fourth-order valence-corrected chi connectivity index (χ4v) is 3.88. The molecule has 0 aliphatic carbocycles. The molecule has 2 aromatic rings. The van der Waals surface area contributed by atoms with Crippen molar-refractivity contribution in [2.24, 2.45) is 0 Å². The molecule has 1 aliphatic rings. The lowest BCUT2D eigenvalue weighted by molar-refractivity contribution is -0.118. The van der Waals surface area contributed by atoms with Crippen LogP contribution < -0.4 is 15.4 Å². The number of fused-ring (bicyclic) bond motifs is 1. The van der Waals surface area contributed by atoms with Gasteiger partial charge in [0.1, 0.15) is 23.7 Å². The van der Waals surface area contributed by atoms with Gasteiger partial charge in [-0.05, 0) is 38.0 Å². The Labute approximate surface area is 173 Å². The molecule has 2 heterocycles. The van der Waals surface area contributed by atoms with E-state index in [-0.39, 0.29) is 23.9 Å². The van der Waals surface area contributed by atoms with Crippen LogP contribution in [0.5, 0.6) is 5.75 Å². The highest BCUT2D eigenvalue weighted by atomic mass is 32.2. The van der Waals surface area contributed by atoms with Crippen molar-refractivity contribution in [3.05, 3.63) is 35.5 Å². The quantitative estimate of drug-likeness (QED) is 0.435. The van der Waals surface area contributed by atoms with E-state index in [9.17, 15) is 9.59 Å². The average Bonchev–Trinajstić information content (AvgIpc) is 2.71. The van der Waals surface area contributed by atoms with Crippen LogP contribution in [0.15, 0.2) is 29.6 Å². The molecule has 1 aromatic carbocycles. The molecule has 0 radical (unpaired) electrons. The SMILES string of the molecule is CCOC(=O)c1cnc(SC(CC)C(=O)N2CCOc3ccc(C)cc32)nc1N. The van der Waals surface area contributed by atoms with E-state index in [1.165, 1.54) is 18.0 Å². The van der Waals surface area contributed by atoms with Crippen LogP contribution >= 0.6 is 11.8 Å². The number of amides is 1. The van der Waals surface area contributed by atoms with Crippen LogP contribution in [-0.2, 0) is 9.53 Å². The molecule has 0 bridgehead atoms. The molecule has 0 saturated heterocycles. The van der Waals surface area contributed by atoms with E-state index in [1.807, 2.05) is 32.0 Å².